The molecule has 0 heterocycles. The summed E-state index contributed by atoms with van der Waals surface area (Å²) in [5, 5.41) is 3.17. The lowest BCUT2D eigenvalue weighted by Gasteiger charge is -2.14. The van der Waals surface area contributed by atoms with Crippen LogP contribution >= 0.6 is 11.8 Å². The first-order valence-electron chi connectivity index (χ1n) is 7.54. The zero-order valence-corrected chi connectivity index (χ0v) is 15.1. The Balaban J connectivity index is 2.48. The Morgan fingerprint density at radius 3 is 2.29 bits per heavy atom. The minimum atomic E-state index is -2.93. The van der Waals surface area contributed by atoms with Crippen LogP contribution in [0.5, 0.6) is 0 Å². The van der Waals surface area contributed by atoms with Crippen molar-refractivity contribution in [3.8, 4) is 0 Å². The monoisotopic (exact) mass is 329 g/mol. The highest BCUT2D eigenvalue weighted by Gasteiger charge is 2.15. The topological polar surface area (TPSA) is 46.2 Å². The van der Waals surface area contributed by atoms with Crippen LogP contribution in [0.3, 0.4) is 0 Å². The third kappa shape index (κ3) is 6.41. The Morgan fingerprint density at radius 2 is 1.76 bits per heavy atom. The molecule has 0 saturated heterocycles. The van der Waals surface area contributed by atoms with Crippen molar-refractivity contribution in [1.82, 2.24) is 5.32 Å². The first kappa shape index (κ1) is 18.5. The van der Waals surface area contributed by atoms with Gasteiger partial charge in [0.1, 0.15) is 0 Å². The molecule has 0 radical (unpaired) electrons. The van der Waals surface area contributed by atoms with Gasteiger partial charge in [-0.05, 0) is 51.4 Å². The molecule has 120 valence electrons. The van der Waals surface area contributed by atoms with Gasteiger partial charge in [-0.2, -0.15) is 0 Å². The number of benzene rings is 1. The van der Waals surface area contributed by atoms with Crippen molar-refractivity contribution in [2.45, 2.75) is 50.3 Å². The van der Waals surface area contributed by atoms with E-state index in [0.29, 0.717) is 11.8 Å². The van der Waals surface area contributed by atoms with Gasteiger partial charge in [0.2, 0.25) is 0 Å². The zero-order chi connectivity index (χ0) is 15.9. The second kappa shape index (κ2) is 8.81. The minimum Gasteiger partial charge on any atom is -0.310 e. The van der Waals surface area contributed by atoms with Gasteiger partial charge in [-0.15, -0.1) is 11.8 Å². The Bertz CT molecular complexity index is 510. The van der Waals surface area contributed by atoms with Crippen molar-refractivity contribution in [2.75, 3.05) is 18.1 Å². The highest BCUT2D eigenvalue weighted by Crippen LogP contribution is 2.21. The van der Waals surface area contributed by atoms with E-state index < -0.39 is 9.84 Å². The number of hydrogen-bond acceptors (Lipinski definition) is 4. The molecule has 0 fully saturated rings. The SMILES string of the molecule is CCCNC(C)c1ccc(SCCS(=O)(=O)C(C)C)cc1. The summed E-state index contributed by atoms with van der Waals surface area (Å²) in [5.41, 5.74) is 1.27. The zero-order valence-electron chi connectivity index (χ0n) is 13.4. The van der Waals surface area contributed by atoms with Crippen molar-refractivity contribution in [2.24, 2.45) is 0 Å². The molecule has 5 heteroatoms. The summed E-state index contributed by atoms with van der Waals surface area (Å²) in [6, 6.07) is 8.74. The molecule has 0 spiro atoms. The Hall–Kier alpha value is -0.520. The van der Waals surface area contributed by atoms with Crippen LogP contribution < -0.4 is 5.32 Å². The quantitative estimate of drug-likeness (QED) is 0.702. The number of sulfone groups is 1. The molecular formula is C16H27NO2S2. The van der Waals surface area contributed by atoms with Crippen LogP contribution in [0.25, 0.3) is 0 Å². The second-order valence-electron chi connectivity index (χ2n) is 5.51. The van der Waals surface area contributed by atoms with Crippen molar-refractivity contribution >= 4 is 21.6 Å². The van der Waals surface area contributed by atoms with Gasteiger partial charge in [-0.1, -0.05) is 19.1 Å². The molecular weight excluding hydrogens is 302 g/mol. The normalized spacial score (nSPS) is 13.6. The van der Waals surface area contributed by atoms with Gasteiger partial charge >= 0.3 is 0 Å². The Morgan fingerprint density at radius 1 is 1.14 bits per heavy atom. The van der Waals surface area contributed by atoms with E-state index in [0.717, 1.165) is 17.9 Å². The fraction of sp³-hybridized carbons (Fsp3) is 0.625. The maximum atomic E-state index is 11.7. The van der Waals surface area contributed by atoms with Gasteiger partial charge in [0.25, 0.3) is 0 Å². The number of nitrogens with one attached hydrogen (secondary N) is 1. The van der Waals surface area contributed by atoms with E-state index in [-0.39, 0.29) is 11.0 Å². The third-order valence-electron chi connectivity index (χ3n) is 3.44. The van der Waals surface area contributed by atoms with Crippen molar-refractivity contribution in [1.29, 1.82) is 0 Å². The highest BCUT2D eigenvalue weighted by atomic mass is 32.2. The third-order valence-corrected chi connectivity index (χ3v) is 6.92. The Labute approximate surface area is 133 Å². The molecule has 1 aromatic carbocycles. The average molecular weight is 330 g/mol. The van der Waals surface area contributed by atoms with Crippen molar-refractivity contribution < 1.29 is 8.42 Å². The minimum absolute atomic E-state index is 0.242. The highest BCUT2D eigenvalue weighted by molar-refractivity contribution is 8.00. The summed E-state index contributed by atoms with van der Waals surface area (Å²) in [6.45, 7) is 8.81. The van der Waals surface area contributed by atoms with E-state index in [4.69, 9.17) is 0 Å². The van der Waals surface area contributed by atoms with Crippen LogP contribution in [-0.4, -0.2) is 31.7 Å². The molecule has 0 aliphatic heterocycles. The summed E-state index contributed by atoms with van der Waals surface area (Å²) in [7, 11) is -2.93. The van der Waals surface area contributed by atoms with E-state index in [1.807, 2.05) is 0 Å². The molecule has 0 amide bonds. The van der Waals surface area contributed by atoms with Gasteiger partial charge in [0.05, 0.1) is 11.0 Å². The second-order valence-corrected chi connectivity index (χ2v) is 9.35. The fourth-order valence-electron chi connectivity index (χ4n) is 1.84. The lowest BCUT2D eigenvalue weighted by Crippen LogP contribution is -2.19. The molecule has 0 aromatic heterocycles. The van der Waals surface area contributed by atoms with Crippen LogP contribution in [0.15, 0.2) is 29.2 Å². The van der Waals surface area contributed by atoms with E-state index >= 15 is 0 Å². The molecule has 21 heavy (non-hydrogen) atoms. The molecule has 1 rings (SSSR count). The van der Waals surface area contributed by atoms with Gasteiger partial charge in [0.15, 0.2) is 9.84 Å². The van der Waals surface area contributed by atoms with E-state index in [2.05, 4.69) is 43.4 Å². The maximum Gasteiger partial charge on any atom is 0.153 e. The predicted octanol–water partition coefficient (Wildman–Crippen LogP) is 3.66. The molecule has 1 unspecified atom stereocenters. The summed E-state index contributed by atoms with van der Waals surface area (Å²) in [6.07, 6.45) is 1.13. The van der Waals surface area contributed by atoms with E-state index in [1.165, 1.54) is 5.56 Å². The molecule has 3 nitrogen and oxygen atoms in total. The first-order chi connectivity index (χ1) is 9.86. The summed E-state index contributed by atoms with van der Waals surface area (Å²) in [4.78, 5) is 1.13. The van der Waals surface area contributed by atoms with Crippen LogP contribution in [0.1, 0.15) is 45.7 Å². The number of thioether (sulfide) groups is 1. The number of hydrogen-bond donors (Lipinski definition) is 1. The van der Waals surface area contributed by atoms with Crippen LogP contribution in [0.4, 0.5) is 0 Å². The smallest absolute Gasteiger partial charge is 0.153 e. The van der Waals surface area contributed by atoms with Crippen LogP contribution in [0, 0.1) is 0 Å². The molecule has 1 atom stereocenters. The lowest BCUT2D eigenvalue weighted by atomic mass is 10.1. The molecule has 1 aromatic rings. The fourth-order valence-corrected chi connectivity index (χ4v) is 4.14. The molecule has 0 bridgehead atoms. The van der Waals surface area contributed by atoms with E-state index in [1.54, 1.807) is 25.6 Å². The van der Waals surface area contributed by atoms with Crippen molar-refractivity contribution in [3.63, 3.8) is 0 Å². The summed E-state index contributed by atoms with van der Waals surface area (Å²) < 4.78 is 23.5. The van der Waals surface area contributed by atoms with Gasteiger partial charge in [0, 0.05) is 16.7 Å². The van der Waals surface area contributed by atoms with E-state index in [9.17, 15) is 8.42 Å². The van der Waals surface area contributed by atoms with Gasteiger partial charge in [-0.3, -0.25) is 0 Å². The standard InChI is InChI=1S/C16H27NO2S2/c1-5-10-17-14(4)15-6-8-16(9-7-15)20-11-12-21(18,19)13(2)3/h6-9,13-14,17H,5,10-12H2,1-4H3. The predicted molar refractivity (Wildman–Crippen MR) is 92.8 cm³/mol. The molecule has 0 aliphatic rings. The first-order valence-corrected chi connectivity index (χ1v) is 10.2. The molecule has 0 saturated carbocycles. The lowest BCUT2D eigenvalue weighted by molar-refractivity contribution is 0.570. The number of rotatable bonds is 9. The molecule has 0 aliphatic carbocycles. The molecule has 1 N–H and O–H groups in total. The average Bonchev–Trinajstić information content (AvgIpc) is 2.45. The summed E-state index contributed by atoms with van der Waals surface area (Å²) in [5.74, 6) is 0.856. The van der Waals surface area contributed by atoms with Gasteiger partial charge < -0.3 is 5.32 Å². The van der Waals surface area contributed by atoms with Crippen LogP contribution in [0.2, 0.25) is 0 Å². The Kier molecular flexibility index (Phi) is 7.77. The van der Waals surface area contributed by atoms with Gasteiger partial charge in [-0.25, -0.2) is 8.42 Å². The largest absolute Gasteiger partial charge is 0.310 e. The van der Waals surface area contributed by atoms with Crippen LogP contribution in [-0.2, 0) is 9.84 Å². The van der Waals surface area contributed by atoms with Crippen molar-refractivity contribution in [3.05, 3.63) is 29.8 Å². The summed E-state index contributed by atoms with van der Waals surface area (Å²) >= 11 is 1.60. The maximum absolute atomic E-state index is 11.7.